The average molecular weight is 274 g/mol. The highest BCUT2D eigenvalue weighted by Gasteiger charge is 2.19. The minimum atomic E-state index is -1.15. The van der Waals surface area contributed by atoms with E-state index in [0.717, 1.165) is 11.3 Å². The number of aromatic carboxylic acids is 1. The summed E-state index contributed by atoms with van der Waals surface area (Å²) in [6.07, 6.45) is 0. The Kier molecular flexibility index (Phi) is 3.57. The predicted molar refractivity (Wildman–Crippen MR) is 71.2 cm³/mol. The molecule has 1 heterocycles. The number of carboxylic acid groups (broad SMARTS) is 1. The fourth-order valence-corrected chi connectivity index (χ4v) is 2.50. The molecule has 0 bridgehead atoms. The van der Waals surface area contributed by atoms with Crippen molar-refractivity contribution in [3.8, 4) is 0 Å². The van der Waals surface area contributed by atoms with Crippen molar-refractivity contribution in [2.75, 3.05) is 0 Å². The molecule has 4 nitrogen and oxygen atoms in total. The maximum Gasteiger partial charge on any atom is 0.336 e. The smallest absolute Gasteiger partial charge is 0.336 e. The molecule has 0 aliphatic carbocycles. The number of ketones is 2. The molecule has 0 radical (unpaired) electrons. The van der Waals surface area contributed by atoms with Crippen LogP contribution in [0, 0.1) is 0 Å². The molecule has 1 N–H and O–H groups in total. The van der Waals surface area contributed by atoms with Gasteiger partial charge in [-0.05, 0) is 25.1 Å². The molecule has 2 rings (SSSR count). The topological polar surface area (TPSA) is 71.4 Å². The monoisotopic (exact) mass is 274 g/mol. The lowest BCUT2D eigenvalue weighted by Crippen LogP contribution is -2.08. The highest BCUT2D eigenvalue weighted by molar-refractivity contribution is 7.16. The third kappa shape index (κ3) is 2.61. The van der Waals surface area contributed by atoms with Gasteiger partial charge in [-0.15, -0.1) is 11.3 Å². The number of benzene rings is 1. The van der Waals surface area contributed by atoms with E-state index in [1.807, 2.05) is 0 Å². The van der Waals surface area contributed by atoms with Gasteiger partial charge in [-0.25, -0.2) is 4.79 Å². The van der Waals surface area contributed by atoms with Crippen molar-refractivity contribution in [3.63, 3.8) is 0 Å². The van der Waals surface area contributed by atoms with Crippen LogP contribution in [0.15, 0.2) is 36.4 Å². The standard InChI is InChI=1S/C14H10O4S/c1-8(15)11-6-7-12(19-11)13(16)9-4-2-3-5-10(9)14(17)18/h2-7H,1H3,(H,17,18). The summed E-state index contributed by atoms with van der Waals surface area (Å²) in [6, 6.07) is 9.15. The summed E-state index contributed by atoms with van der Waals surface area (Å²) in [4.78, 5) is 35.4. The zero-order chi connectivity index (χ0) is 14.0. The van der Waals surface area contributed by atoms with Crippen molar-refractivity contribution in [2.45, 2.75) is 6.92 Å². The zero-order valence-corrected chi connectivity index (χ0v) is 10.9. The number of carboxylic acids is 1. The number of hydrogen-bond donors (Lipinski definition) is 1. The van der Waals surface area contributed by atoms with E-state index in [-0.39, 0.29) is 22.7 Å². The fraction of sp³-hybridized carbons (Fsp3) is 0.0714. The van der Waals surface area contributed by atoms with Crippen LogP contribution in [-0.2, 0) is 0 Å². The summed E-state index contributed by atoms with van der Waals surface area (Å²) in [5.74, 6) is -1.64. The van der Waals surface area contributed by atoms with Crippen LogP contribution in [0.3, 0.4) is 0 Å². The third-order valence-corrected chi connectivity index (χ3v) is 3.76. The van der Waals surface area contributed by atoms with Crippen LogP contribution in [0.5, 0.6) is 0 Å². The van der Waals surface area contributed by atoms with Crippen molar-refractivity contribution in [1.29, 1.82) is 0 Å². The van der Waals surface area contributed by atoms with Crippen LogP contribution in [0.1, 0.15) is 42.2 Å². The van der Waals surface area contributed by atoms with E-state index in [2.05, 4.69) is 0 Å². The normalized spacial score (nSPS) is 10.2. The molecule has 0 unspecified atom stereocenters. The van der Waals surface area contributed by atoms with Gasteiger partial charge in [0.05, 0.1) is 15.3 Å². The van der Waals surface area contributed by atoms with E-state index < -0.39 is 5.97 Å². The molecule has 0 spiro atoms. The Labute approximate surface area is 113 Å². The molecular formula is C14H10O4S. The lowest BCUT2D eigenvalue weighted by atomic mass is 10.0. The molecule has 0 atom stereocenters. The summed E-state index contributed by atoms with van der Waals surface area (Å²) < 4.78 is 0. The fourth-order valence-electron chi connectivity index (χ4n) is 1.65. The summed E-state index contributed by atoms with van der Waals surface area (Å²) in [6.45, 7) is 1.42. The van der Waals surface area contributed by atoms with Gasteiger partial charge in [0.1, 0.15) is 0 Å². The quantitative estimate of drug-likeness (QED) is 0.870. The van der Waals surface area contributed by atoms with Crippen LogP contribution >= 0.6 is 11.3 Å². The molecule has 19 heavy (non-hydrogen) atoms. The van der Waals surface area contributed by atoms with Gasteiger partial charge in [0.15, 0.2) is 5.78 Å². The van der Waals surface area contributed by atoms with Crippen molar-refractivity contribution in [1.82, 2.24) is 0 Å². The van der Waals surface area contributed by atoms with E-state index in [4.69, 9.17) is 5.11 Å². The molecule has 0 fully saturated rings. The molecular weight excluding hydrogens is 264 g/mol. The number of hydrogen-bond acceptors (Lipinski definition) is 4. The molecule has 1 aromatic carbocycles. The second-order valence-electron chi connectivity index (χ2n) is 3.90. The number of thiophene rings is 1. The largest absolute Gasteiger partial charge is 0.478 e. The van der Waals surface area contributed by atoms with Gasteiger partial charge in [-0.1, -0.05) is 18.2 Å². The first-order valence-electron chi connectivity index (χ1n) is 5.48. The van der Waals surface area contributed by atoms with Gasteiger partial charge >= 0.3 is 5.97 Å². The highest BCUT2D eigenvalue weighted by atomic mass is 32.1. The van der Waals surface area contributed by atoms with Crippen molar-refractivity contribution < 1.29 is 19.5 Å². The second kappa shape index (κ2) is 5.16. The van der Waals surface area contributed by atoms with Crippen molar-refractivity contribution in [2.24, 2.45) is 0 Å². The maximum atomic E-state index is 12.2. The molecule has 96 valence electrons. The van der Waals surface area contributed by atoms with Gasteiger partial charge < -0.3 is 5.11 Å². The van der Waals surface area contributed by atoms with E-state index in [1.165, 1.54) is 19.1 Å². The van der Waals surface area contributed by atoms with Gasteiger partial charge in [0.25, 0.3) is 0 Å². The van der Waals surface area contributed by atoms with E-state index in [9.17, 15) is 14.4 Å². The summed E-state index contributed by atoms with van der Waals surface area (Å²) in [5.41, 5.74) is 0.0947. The first-order valence-corrected chi connectivity index (χ1v) is 6.30. The third-order valence-electron chi connectivity index (χ3n) is 2.58. The van der Waals surface area contributed by atoms with Crippen LogP contribution in [0.2, 0.25) is 0 Å². The molecule has 0 aliphatic heterocycles. The molecule has 0 saturated heterocycles. The summed E-state index contributed by atoms with van der Waals surface area (Å²) in [7, 11) is 0. The van der Waals surface area contributed by atoms with Crippen molar-refractivity contribution >= 4 is 28.9 Å². The number of carbonyl (C=O) groups is 3. The maximum absolute atomic E-state index is 12.2. The Morgan fingerprint density at radius 2 is 1.53 bits per heavy atom. The Balaban J connectivity index is 2.44. The molecule has 2 aromatic rings. The summed E-state index contributed by atoms with van der Waals surface area (Å²) in [5, 5.41) is 9.05. The average Bonchev–Trinajstić information content (AvgIpc) is 2.87. The van der Waals surface area contributed by atoms with Crippen molar-refractivity contribution in [3.05, 3.63) is 57.3 Å². The lowest BCUT2D eigenvalue weighted by molar-refractivity contribution is 0.0692. The second-order valence-corrected chi connectivity index (χ2v) is 4.98. The van der Waals surface area contributed by atoms with Gasteiger partial charge in [-0.3, -0.25) is 9.59 Å². The minimum absolute atomic E-state index is 0.0368. The minimum Gasteiger partial charge on any atom is -0.478 e. The number of rotatable bonds is 4. The van der Waals surface area contributed by atoms with Crippen LogP contribution in [0.4, 0.5) is 0 Å². The van der Waals surface area contributed by atoms with E-state index >= 15 is 0 Å². The van der Waals surface area contributed by atoms with Gasteiger partial charge in [0, 0.05) is 5.56 Å². The SMILES string of the molecule is CC(=O)c1ccc(C(=O)c2ccccc2C(=O)O)s1. The molecule has 1 aromatic heterocycles. The van der Waals surface area contributed by atoms with Gasteiger partial charge in [-0.2, -0.15) is 0 Å². The first kappa shape index (κ1) is 13.2. The van der Waals surface area contributed by atoms with Gasteiger partial charge in [0.2, 0.25) is 5.78 Å². The number of carbonyl (C=O) groups excluding carboxylic acids is 2. The Hall–Kier alpha value is -2.27. The lowest BCUT2D eigenvalue weighted by Gasteiger charge is -2.02. The molecule has 5 heteroatoms. The van der Waals surface area contributed by atoms with Crippen LogP contribution in [0.25, 0.3) is 0 Å². The molecule has 0 aliphatic rings. The first-order chi connectivity index (χ1) is 9.00. The molecule has 0 amide bonds. The number of Topliss-reactive ketones (excluding diaryl/α,β-unsaturated/α-hetero) is 1. The summed E-state index contributed by atoms with van der Waals surface area (Å²) >= 11 is 1.07. The van der Waals surface area contributed by atoms with E-state index in [1.54, 1.807) is 24.3 Å². The zero-order valence-electron chi connectivity index (χ0n) is 10.0. The Morgan fingerprint density at radius 1 is 0.947 bits per heavy atom. The Morgan fingerprint density at radius 3 is 2.05 bits per heavy atom. The highest BCUT2D eigenvalue weighted by Crippen LogP contribution is 2.22. The Bertz CT molecular complexity index is 670. The van der Waals surface area contributed by atoms with Crippen LogP contribution in [-0.4, -0.2) is 22.6 Å². The predicted octanol–water partition coefficient (Wildman–Crippen LogP) is 2.88. The van der Waals surface area contributed by atoms with Crippen LogP contribution < -0.4 is 0 Å². The van der Waals surface area contributed by atoms with E-state index in [0.29, 0.717) is 9.75 Å². The molecule has 0 saturated carbocycles.